The van der Waals surface area contributed by atoms with Crippen LogP contribution in [0.2, 0.25) is 0 Å². The minimum absolute atomic E-state index is 0.0603. The van der Waals surface area contributed by atoms with Crippen molar-refractivity contribution in [3.63, 3.8) is 0 Å². The third-order valence-corrected chi connectivity index (χ3v) is 6.84. The predicted octanol–water partition coefficient (Wildman–Crippen LogP) is 2.81. The molecule has 2 aromatic carbocycles. The van der Waals surface area contributed by atoms with Crippen LogP contribution in [0.25, 0.3) is 0 Å². The second kappa shape index (κ2) is 8.32. The first kappa shape index (κ1) is 21.0. The lowest BCUT2D eigenvalue weighted by atomic mass is 10.1. The smallest absolute Gasteiger partial charge is 0.264 e. The zero-order valence-corrected chi connectivity index (χ0v) is 17.8. The van der Waals surface area contributed by atoms with Crippen LogP contribution >= 0.6 is 0 Å². The Hall–Kier alpha value is -2.74. The number of fused-ring (bicyclic) bond motifs is 1. The van der Waals surface area contributed by atoms with Crippen molar-refractivity contribution in [2.24, 2.45) is 5.92 Å². The number of carbonyl (C=O) groups excluding carboxylic acids is 1. The normalized spacial score (nSPS) is 17.3. The van der Waals surface area contributed by atoms with Crippen LogP contribution in [-0.2, 0) is 14.8 Å². The second-order valence-electron chi connectivity index (χ2n) is 7.33. The van der Waals surface area contributed by atoms with E-state index in [9.17, 15) is 13.2 Å². The summed E-state index contributed by atoms with van der Waals surface area (Å²) in [4.78, 5) is 12.9. The zero-order valence-electron chi connectivity index (χ0n) is 17.0. The van der Waals surface area contributed by atoms with Crippen LogP contribution in [0.3, 0.4) is 0 Å². The van der Waals surface area contributed by atoms with Crippen LogP contribution in [0.4, 0.5) is 5.69 Å². The van der Waals surface area contributed by atoms with E-state index in [1.54, 1.807) is 36.4 Å². The fourth-order valence-corrected chi connectivity index (χ4v) is 4.40. The molecule has 0 spiro atoms. The molecule has 1 aliphatic rings. The first-order chi connectivity index (χ1) is 13.7. The highest BCUT2D eigenvalue weighted by Crippen LogP contribution is 2.37. The maximum absolute atomic E-state index is 13.3. The largest absolute Gasteiger partial charge is 0.497 e. The molecule has 0 radical (unpaired) electrons. The van der Waals surface area contributed by atoms with Crippen molar-refractivity contribution in [1.82, 2.24) is 5.32 Å². The molecule has 0 aromatic heterocycles. The lowest BCUT2D eigenvalue weighted by Gasteiger charge is -2.35. The highest BCUT2D eigenvalue weighted by molar-refractivity contribution is 7.92. The summed E-state index contributed by atoms with van der Waals surface area (Å²) in [5.41, 5.74) is 0.407. The Kier molecular flexibility index (Phi) is 6.02. The van der Waals surface area contributed by atoms with E-state index in [0.717, 1.165) is 0 Å². The number of hydrogen-bond acceptors (Lipinski definition) is 5. The van der Waals surface area contributed by atoms with Crippen molar-refractivity contribution in [2.75, 3.05) is 18.0 Å². The number of nitrogens with zero attached hydrogens (tertiary/aromatic N) is 1. The van der Waals surface area contributed by atoms with Gasteiger partial charge in [0.1, 0.15) is 11.5 Å². The van der Waals surface area contributed by atoms with Crippen LogP contribution in [0.5, 0.6) is 11.5 Å². The SMILES string of the molecule is COc1ccc(S(=O)(=O)N2CC(C(=O)NC(C)C(C)C)Oc3ccccc32)cc1. The van der Waals surface area contributed by atoms with Gasteiger partial charge in [-0.2, -0.15) is 0 Å². The molecule has 1 aliphatic heterocycles. The maximum atomic E-state index is 13.3. The molecule has 0 saturated heterocycles. The van der Waals surface area contributed by atoms with E-state index in [1.807, 2.05) is 20.8 Å². The molecule has 8 heteroatoms. The van der Waals surface area contributed by atoms with Gasteiger partial charge >= 0.3 is 0 Å². The van der Waals surface area contributed by atoms with E-state index < -0.39 is 16.1 Å². The van der Waals surface area contributed by atoms with Gasteiger partial charge in [0.2, 0.25) is 0 Å². The summed E-state index contributed by atoms with van der Waals surface area (Å²) in [7, 11) is -2.38. The molecule has 2 atom stereocenters. The number of methoxy groups -OCH3 is 1. The summed E-state index contributed by atoms with van der Waals surface area (Å²) in [6.07, 6.45) is -0.945. The van der Waals surface area contributed by atoms with Crippen molar-refractivity contribution < 1.29 is 22.7 Å². The van der Waals surface area contributed by atoms with Crippen LogP contribution < -0.4 is 19.1 Å². The number of rotatable bonds is 6. The number of sulfonamides is 1. The number of hydrogen-bond donors (Lipinski definition) is 1. The number of ether oxygens (including phenoxy) is 2. The standard InChI is InChI=1S/C21H26N2O5S/c1-14(2)15(3)22-21(24)20-13-23(18-7-5-6-8-19(18)28-20)29(25,26)17-11-9-16(27-4)10-12-17/h5-12,14-15,20H,13H2,1-4H3,(H,22,24). The van der Waals surface area contributed by atoms with Crippen molar-refractivity contribution in [1.29, 1.82) is 0 Å². The third-order valence-electron chi connectivity index (χ3n) is 5.04. The number of benzene rings is 2. The van der Waals surface area contributed by atoms with Gasteiger partial charge in [-0.05, 0) is 49.2 Å². The summed E-state index contributed by atoms with van der Waals surface area (Å²) in [5.74, 6) is 0.823. The van der Waals surface area contributed by atoms with Crippen molar-refractivity contribution in [3.8, 4) is 11.5 Å². The predicted molar refractivity (Wildman–Crippen MR) is 111 cm³/mol. The first-order valence-electron chi connectivity index (χ1n) is 9.47. The van der Waals surface area contributed by atoms with Crippen LogP contribution in [0, 0.1) is 5.92 Å². The second-order valence-corrected chi connectivity index (χ2v) is 9.19. The topological polar surface area (TPSA) is 84.9 Å². The van der Waals surface area contributed by atoms with E-state index in [-0.39, 0.29) is 29.3 Å². The average Bonchev–Trinajstić information content (AvgIpc) is 2.72. The van der Waals surface area contributed by atoms with Gasteiger partial charge in [-0.15, -0.1) is 0 Å². The molecule has 0 aliphatic carbocycles. The lowest BCUT2D eigenvalue weighted by molar-refractivity contribution is -0.128. The summed E-state index contributed by atoms with van der Waals surface area (Å²) in [6, 6.07) is 12.9. The first-order valence-corrected chi connectivity index (χ1v) is 10.9. The molecule has 1 amide bonds. The highest BCUT2D eigenvalue weighted by Gasteiger charge is 2.37. The van der Waals surface area contributed by atoms with Gasteiger partial charge < -0.3 is 14.8 Å². The lowest BCUT2D eigenvalue weighted by Crippen LogP contribution is -2.52. The van der Waals surface area contributed by atoms with Crippen LogP contribution in [0.1, 0.15) is 20.8 Å². The minimum atomic E-state index is -3.89. The average molecular weight is 419 g/mol. The van der Waals surface area contributed by atoms with Gasteiger partial charge in [0.05, 0.1) is 24.2 Å². The third kappa shape index (κ3) is 4.32. The Bertz CT molecular complexity index is 973. The summed E-state index contributed by atoms with van der Waals surface area (Å²) >= 11 is 0. The Morgan fingerprint density at radius 3 is 2.41 bits per heavy atom. The van der Waals surface area contributed by atoms with Gasteiger partial charge in [0, 0.05) is 6.04 Å². The zero-order chi connectivity index (χ0) is 21.2. The van der Waals surface area contributed by atoms with Gasteiger partial charge in [-0.1, -0.05) is 26.0 Å². The molecule has 7 nitrogen and oxygen atoms in total. The van der Waals surface area contributed by atoms with E-state index >= 15 is 0 Å². The van der Waals surface area contributed by atoms with E-state index in [2.05, 4.69) is 5.32 Å². The number of carbonyl (C=O) groups is 1. The fraction of sp³-hybridized carbons (Fsp3) is 0.381. The Balaban J connectivity index is 1.95. The molecule has 3 rings (SSSR count). The number of anilines is 1. The Labute approximate surface area is 171 Å². The van der Waals surface area contributed by atoms with Gasteiger partial charge in [0.15, 0.2) is 6.10 Å². The molecule has 0 bridgehead atoms. The number of nitrogens with one attached hydrogen (secondary N) is 1. The molecule has 1 N–H and O–H groups in total. The Morgan fingerprint density at radius 2 is 1.79 bits per heavy atom. The number of para-hydroxylation sites is 2. The molecule has 0 saturated carbocycles. The molecule has 0 fully saturated rings. The quantitative estimate of drug-likeness (QED) is 0.780. The van der Waals surface area contributed by atoms with E-state index in [1.165, 1.54) is 23.5 Å². The summed E-state index contributed by atoms with van der Waals surface area (Å²) < 4.78 is 38.9. The fourth-order valence-electron chi connectivity index (χ4n) is 2.93. The van der Waals surface area contributed by atoms with Crippen LogP contribution in [-0.4, -0.2) is 40.1 Å². The number of amides is 1. The van der Waals surface area contributed by atoms with Gasteiger partial charge in [-0.3, -0.25) is 9.10 Å². The molecule has 2 unspecified atom stereocenters. The monoisotopic (exact) mass is 418 g/mol. The van der Waals surface area contributed by atoms with E-state index in [0.29, 0.717) is 17.2 Å². The highest BCUT2D eigenvalue weighted by atomic mass is 32.2. The maximum Gasteiger partial charge on any atom is 0.264 e. The van der Waals surface area contributed by atoms with Crippen molar-refractivity contribution in [2.45, 2.75) is 37.8 Å². The molecule has 2 aromatic rings. The van der Waals surface area contributed by atoms with Gasteiger partial charge in [-0.25, -0.2) is 8.42 Å². The summed E-state index contributed by atoms with van der Waals surface area (Å²) in [6.45, 7) is 5.80. The van der Waals surface area contributed by atoms with Crippen molar-refractivity contribution in [3.05, 3.63) is 48.5 Å². The minimum Gasteiger partial charge on any atom is -0.497 e. The molecule has 156 valence electrons. The van der Waals surface area contributed by atoms with Gasteiger partial charge in [0.25, 0.3) is 15.9 Å². The molecule has 29 heavy (non-hydrogen) atoms. The molecular weight excluding hydrogens is 392 g/mol. The van der Waals surface area contributed by atoms with Crippen molar-refractivity contribution >= 4 is 21.6 Å². The van der Waals surface area contributed by atoms with E-state index in [4.69, 9.17) is 9.47 Å². The molecule has 1 heterocycles. The summed E-state index contributed by atoms with van der Waals surface area (Å²) in [5, 5.41) is 2.90. The van der Waals surface area contributed by atoms with Crippen LogP contribution in [0.15, 0.2) is 53.4 Å². The molecular formula is C21H26N2O5S. The Morgan fingerprint density at radius 1 is 1.14 bits per heavy atom.